The Kier molecular flexibility index (Phi) is 5.90. The maximum atomic E-state index is 12.5. The van der Waals surface area contributed by atoms with Crippen LogP contribution in [0.2, 0.25) is 5.02 Å². The van der Waals surface area contributed by atoms with Crippen molar-refractivity contribution in [3.8, 4) is 5.75 Å². The molecule has 1 aliphatic rings. The molecule has 2 heterocycles. The molecule has 0 unspecified atom stereocenters. The number of anilines is 2. The van der Waals surface area contributed by atoms with Gasteiger partial charge in [0, 0.05) is 38.1 Å². The molecule has 1 aliphatic heterocycles. The first-order valence-electron chi connectivity index (χ1n) is 8.56. The molecule has 3 rings (SSSR count). The van der Waals surface area contributed by atoms with E-state index in [1.807, 2.05) is 0 Å². The third-order valence-corrected chi connectivity index (χ3v) is 4.68. The zero-order chi connectivity index (χ0) is 18.5. The Morgan fingerprint density at radius 3 is 2.69 bits per heavy atom. The molecule has 8 heteroatoms. The molecule has 0 saturated carbocycles. The molecule has 7 nitrogen and oxygen atoms in total. The highest BCUT2D eigenvalue weighted by Crippen LogP contribution is 2.27. The number of amides is 1. The highest BCUT2D eigenvalue weighted by Gasteiger charge is 2.19. The normalized spacial score (nSPS) is 15.0. The number of likely N-dealkylation sites (N-methyl/N-ethyl adjacent to an activating group) is 1. The minimum absolute atomic E-state index is 0.304. The first-order chi connectivity index (χ1) is 12.6. The lowest BCUT2D eigenvalue weighted by Gasteiger charge is -2.34. The lowest BCUT2D eigenvalue weighted by molar-refractivity contribution is 0.102. The molecule has 0 aliphatic carbocycles. The van der Waals surface area contributed by atoms with Crippen LogP contribution in [0.3, 0.4) is 0 Å². The minimum Gasteiger partial charge on any atom is -0.495 e. The Morgan fingerprint density at radius 2 is 2.04 bits per heavy atom. The number of methoxy groups -OCH3 is 1. The number of carbonyl (C=O) groups is 1. The molecule has 1 fully saturated rings. The number of halogens is 1. The van der Waals surface area contributed by atoms with Crippen molar-refractivity contribution < 1.29 is 9.53 Å². The second kappa shape index (κ2) is 8.33. The van der Waals surface area contributed by atoms with E-state index >= 15 is 0 Å². The van der Waals surface area contributed by atoms with Gasteiger partial charge in [-0.1, -0.05) is 18.5 Å². The molecule has 1 N–H and O–H groups in total. The van der Waals surface area contributed by atoms with Crippen LogP contribution in [0.15, 0.2) is 30.5 Å². The van der Waals surface area contributed by atoms with Crippen LogP contribution in [-0.4, -0.2) is 60.6 Å². The van der Waals surface area contributed by atoms with E-state index in [4.69, 9.17) is 16.3 Å². The van der Waals surface area contributed by atoms with Gasteiger partial charge >= 0.3 is 0 Å². The molecule has 1 aromatic carbocycles. The summed E-state index contributed by atoms with van der Waals surface area (Å²) in [6.07, 6.45) is 1.62. The number of piperazine rings is 1. The number of nitrogens with zero attached hydrogens (tertiary/aromatic N) is 4. The second-order valence-corrected chi connectivity index (χ2v) is 6.37. The second-order valence-electron chi connectivity index (χ2n) is 5.97. The lowest BCUT2D eigenvalue weighted by Crippen LogP contribution is -2.46. The Hall–Kier alpha value is -2.38. The summed E-state index contributed by atoms with van der Waals surface area (Å²) in [6.45, 7) is 6.85. The highest BCUT2D eigenvalue weighted by molar-refractivity contribution is 6.32. The number of benzene rings is 1. The smallest absolute Gasteiger partial charge is 0.274 e. The van der Waals surface area contributed by atoms with Gasteiger partial charge in [0.2, 0.25) is 5.95 Å². The van der Waals surface area contributed by atoms with Gasteiger partial charge in [-0.15, -0.1) is 0 Å². The molecule has 1 aromatic heterocycles. The average Bonchev–Trinajstić information content (AvgIpc) is 2.68. The van der Waals surface area contributed by atoms with Crippen molar-refractivity contribution >= 4 is 29.1 Å². The molecule has 2 aromatic rings. The van der Waals surface area contributed by atoms with E-state index in [0.717, 1.165) is 32.7 Å². The molecule has 0 radical (unpaired) electrons. The molecular formula is C18H22ClN5O2. The zero-order valence-electron chi connectivity index (χ0n) is 14.9. The third kappa shape index (κ3) is 4.23. The number of nitrogens with one attached hydrogen (secondary N) is 1. The zero-order valence-corrected chi connectivity index (χ0v) is 15.7. The number of aromatic nitrogens is 2. The quantitative estimate of drug-likeness (QED) is 0.866. The van der Waals surface area contributed by atoms with Gasteiger partial charge in [-0.05, 0) is 30.8 Å². The number of rotatable bonds is 5. The van der Waals surface area contributed by atoms with Crippen molar-refractivity contribution in [2.75, 3.05) is 50.1 Å². The largest absolute Gasteiger partial charge is 0.495 e. The van der Waals surface area contributed by atoms with E-state index in [-0.39, 0.29) is 5.91 Å². The van der Waals surface area contributed by atoms with Gasteiger partial charge < -0.3 is 19.9 Å². The van der Waals surface area contributed by atoms with Gasteiger partial charge in [0.05, 0.1) is 12.1 Å². The summed E-state index contributed by atoms with van der Waals surface area (Å²) in [5.41, 5.74) is 0.900. The van der Waals surface area contributed by atoms with Crippen molar-refractivity contribution in [1.29, 1.82) is 0 Å². The fourth-order valence-electron chi connectivity index (χ4n) is 2.83. The first kappa shape index (κ1) is 18.4. The van der Waals surface area contributed by atoms with Crippen LogP contribution in [0, 0.1) is 0 Å². The Balaban J connectivity index is 1.69. The minimum atomic E-state index is -0.304. The van der Waals surface area contributed by atoms with Crippen LogP contribution in [0.4, 0.5) is 11.6 Å². The number of carbonyl (C=O) groups excluding carboxylic acids is 1. The van der Waals surface area contributed by atoms with Crippen LogP contribution in [0.1, 0.15) is 17.4 Å². The summed E-state index contributed by atoms with van der Waals surface area (Å²) < 4.78 is 5.11. The number of hydrogen-bond donors (Lipinski definition) is 1. The van der Waals surface area contributed by atoms with E-state index in [0.29, 0.717) is 28.1 Å². The molecule has 0 bridgehead atoms. The van der Waals surface area contributed by atoms with Gasteiger partial charge in [-0.25, -0.2) is 9.97 Å². The number of hydrogen-bond acceptors (Lipinski definition) is 6. The predicted molar refractivity (Wildman–Crippen MR) is 102 cm³/mol. The van der Waals surface area contributed by atoms with Crippen LogP contribution < -0.4 is 15.0 Å². The average molecular weight is 376 g/mol. The van der Waals surface area contributed by atoms with Gasteiger partial charge in [0.25, 0.3) is 5.91 Å². The summed E-state index contributed by atoms with van der Waals surface area (Å²) >= 11 is 6.10. The molecule has 138 valence electrons. The predicted octanol–water partition coefficient (Wildman–Crippen LogP) is 2.53. The summed E-state index contributed by atoms with van der Waals surface area (Å²) in [5.74, 6) is 0.837. The van der Waals surface area contributed by atoms with E-state index in [1.54, 1.807) is 37.6 Å². The maximum absolute atomic E-state index is 12.5. The fraction of sp³-hybridized carbons (Fsp3) is 0.389. The molecule has 26 heavy (non-hydrogen) atoms. The third-order valence-electron chi connectivity index (χ3n) is 4.39. The molecular weight excluding hydrogens is 354 g/mol. The van der Waals surface area contributed by atoms with Crippen molar-refractivity contribution in [3.05, 3.63) is 41.2 Å². The summed E-state index contributed by atoms with van der Waals surface area (Å²) in [5, 5.41) is 3.23. The van der Waals surface area contributed by atoms with Crippen molar-refractivity contribution in [3.63, 3.8) is 0 Å². The Morgan fingerprint density at radius 1 is 1.27 bits per heavy atom. The van der Waals surface area contributed by atoms with Crippen molar-refractivity contribution in [1.82, 2.24) is 14.9 Å². The lowest BCUT2D eigenvalue weighted by atomic mass is 10.3. The fourth-order valence-corrected chi connectivity index (χ4v) is 3.09. The Labute approximate surface area is 157 Å². The molecule has 0 atom stereocenters. The first-order valence-corrected chi connectivity index (χ1v) is 8.93. The molecule has 0 spiro atoms. The van der Waals surface area contributed by atoms with Crippen LogP contribution in [0.5, 0.6) is 5.75 Å². The topological polar surface area (TPSA) is 70.6 Å². The maximum Gasteiger partial charge on any atom is 0.274 e. The van der Waals surface area contributed by atoms with Gasteiger partial charge in [0.1, 0.15) is 11.4 Å². The molecule has 1 saturated heterocycles. The van der Waals surface area contributed by atoms with E-state index in [1.165, 1.54) is 0 Å². The van der Waals surface area contributed by atoms with Gasteiger partial charge in [0.15, 0.2) is 0 Å². The summed E-state index contributed by atoms with van der Waals surface area (Å²) in [6, 6.07) is 6.68. The van der Waals surface area contributed by atoms with E-state index < -0.39 is 0 Å². The van der Waals surface area contributed by atoms with Crippen molar-refractivity contribution in [2.45, 2.75) is 6.92 Å². The highest BCUT2D eigenvalue weighted by atomic mass is 35.5. The van der Waals surface area contributed by atoms with Crippen LogP contribution in [0.25, 0.3) is 0 Å². The van der Waals surface area contributed by atoms with Gasteiger partial charge in [-0.3, -0.25) is 4.79 Å². The van der Waals surface area contributed by atoms with Gasteiger partial charge in [-0.2, -0.15) is 0 Å². The Bertz CT molecular complexity index is 778. The summed E-state index contributed by atoms with van der Waals surface area (Å²) in [7, 11) is 1.54. The van der Waals surface area contributed by atoms with E-state index in [9.17, 15) is 4.79 Å². The van der Waals surface area contributed by atoms with Crippen molar-refractivity contribution in [2.24, 2.45) is 0 Å². The molecule has 1 amide bonds. The van der Waals surface area contributed by atoms with E-state index in [2.05, 4.69) is 32.0 Å². The van der Waals surface area contributed by atoms with Crippen LogP contribution >= 0.6 is 11.6 Å². The van der Waals surface area contributed by atoms with Crippen LogP contribution in [-0.2, 0) is 0 Å². The monoisotopic (exact) mass is 375 g/mol. The SMILES string of the molecule is CCN1CCN(c2nccc(C(=O)Nc3ccc(OC)c(Cl)c3)n2)CC1. The number of ether oxygens (including phenoxy) is 1. The summed E-state index contributed by atoms with van der Waals surface area (Å²) in [4.78, 5) is 25.7. The standard InChI is InChI=1S/C18H22ClN5O2/c1-3-23-8-10-24(11-9-23)18-20-7-6-15(22-18)17(25)21-13-4-5-16(26-2)14(19)12-13/h4-7,12H,3,8-11H2,1-2H3,(H,21,25).